The second-order valence-electron chi connectivity index (χ2n) is 7.64. The molecule has 0 amide bonds. The summed E-state index contributed by atoms with van der Waals surface area (Å²) in [7, 11) is 0. The molecule has 4 aromatic rings. The zero-order chi connectivity index (χ0) is 18.8. The molecule has 1 saturated heterocycles. The van der Waals surface area contributed by atoms with Crippen LogP contribution in [0.25, 0.3) is 22.4 Å². The highest BCUT2D eigenvalue weighted by Gasteiger charge is 2.21. The third-order valence-electron chi connectivity index (χ3n) is 5.61. The summed E-state index contributed by atoms with van der Waals surface area (Å²) < 4.78 is 0. The van der Waals surface area contributed by atoms with Gasteiger partial charge in [-0.05, 0) is 49.4 Å². The fraction of sp³-hybridized carbons (Fsp3) is 0.318. The van der Waals surface area contributed by atoms with Gasteiger partial charge in [0, 0.05) is 48.8 Å². The SMILES string of the molecule is c1cc(CN2CCC[C@@H](Cc3cncc(-c4ncc[nH]4)n3)C2)c2cc[nH]c2c1. The molecule has 1 fully saturated rings. The van der Waals surface area contributed by atoms with E-state index >= 15 is 0 Å². The first-order valence-electron chi connectivity index (χ1n) is 9.93. The predicted molar refractivity (Wildman–Crippen MR) is 110 cm³/mol. The molecule has 142 valence electrons. The number of hydrogen-bond donors (Lipinski definition) is 2. The number of imidazole rings is 1. The molecule has 0 spiro atoms. The maximum atomic E-state index is 4.77. The van der Waals surface area contributed by atoms with E-state index in [1.54, 1.807) is 12.4 Å². The smallest absolute Gasteiger partial charge is 0.157 e. The summed E-state index contributed by atoms with van der Waals surface area (Å²) in [5.41, 5.74) is 4.48. The van der Waals surface area contributed by atoms with Crippen LogP contribution in [0.4, 0.5) is 0 Å². The molecular formula is C22H24N6. The van der Waals surface area contributed by atoms with E-state index in [0.29, 0.717) is 5.92 Å². The average Bonchev–Trinajstić information content (AvgIpc) is 3.41. The van der Waals surface area contributed by atoms with Crippen LogP contribution in [0.1, 0.15) is 24.1 Å². The Hall–Kier alpha value is -2.99. The Morgan fingerprint density at radius 3 is 3.04 bits per heavy atom. The van der Waals surface area contributed by atoms with Crippen LogP contribution in [0.15, 0.2) is 55.2 Å². The maximum absolute atomic E-state index is 4.77. The minimum absolute atomic E-state index is 0.611. The number of hydrogen-bond acceptors (Lipinski definition) is 4. The van der Waals surface area contributed by atoms with Gasteiger partial charge in [0.15, 0.2) is 5.82 Å². The van der Waals surface area contributed by atoms with Crippen LogP contribution in [-0.2, 0) is 13.0 Å². The molecule has 3 aromatic heterocycles. The predicted octanol–water partition coefficient (Wildman–Crippen LogP) is 3.80. The monoisotopic (exact) mass is 372 g/mol. The van der Waals surface area contributed by atoms with Crippen molar-refractivity contribution < 1.29 is 0 Å². The van der Waals surface area contributed by atoms with E-state index in [4.69, 9.17) is 4.98 Å². The van der Waals surface area contributed by atoms with Crippen molar-refractivity contribution in [3.8, 4) is 11.5 Å². The molecule has 1 aliphatic heterocycles. The van der Waals surface area contributed by atoms with Gasteiger partial charge in [-0.2, -0.15) is 0 Å². The molecular weight excluding hydrogens is 348 g/mol. The summed E-state index contributed by atoms with van der Waals surface area (Å²) in [6.07, 6.45) is 12.7. The quantitative estimate of drug-likeness (QED) is 0.559. The zero-order valence-corrected chi connectivity index (χ0v) is 15.8. The maximum Gasteiger partial charge on any atom is 0.157 e. The number of likely N-dealkylation sites (tertiary alicyclic amines) is 1. The van der Waals surface area contributed by atoms with Crippen LogP contribution < -0.4 is 0 Å². The van der Waals surface area contributed by atoms with Crippen molar-refractivity contribution in [1.29, 1.82) is 0 Å². The van der Waals surface area contributed by atoms with E-state index in [1.807, 2.05) is 18.6 Å². The van der Waals surface area contributed by atoms with Gasteiger partial charge in [-0.3, -0.25) is 9.88 Å². The van der Waals surface area contributed by atoms with Crippen molar-refractivity contribution in [2.24, 2.45) is 5.92 Å². The van der Waals surface area contributed by atoms with E-state index in [2.05, 4.69) is 49.1 Å². The fourth-order valence-corrected chi connectivity index (χ4v) is 4.31. The largest absolute Gasteiger partial charge is 0.361 e. The molecule has 6 nitrogen and oxygen atoms in total. The Kier molecular flexibility index (Phi) is 4.62. The number of aromatic nitrogens is 5. The molecule has 6 heteroatoms. The van der Waals surface area contributed by atoms with Crippen LogP contribution in [0.5, 0.6) is 0 Å². The normalized spacial score (nSPS) is 17.9. The first-order chi connectivity index (χ1) is 13.8. The lowest BCUT2D eigenvalue weighted by Crippen LogP contribution is -2.35. The second kappa shape index (κ2) is 7.56. The second-order valence-corrected chi connectivity index (χ2v) is 7.64. The van der Waals surface area contributed by atoms with Crippen LogP contribution in [0, 0.1) is 5.92 Å². The summed E-state index contributed by atoms with van der Waals surface area (Å²) in [5.74, 6) is 1.39. The van der Waals surface area contributed by atoms with Gasteiger partial charge in [-0.15, -0.1) is 0 Å². The molecule has 1 atom stereocenters. The van der Waals surface area contributed by atoms with E-state index < -0.39 is 0 Å². The Balaban J connectivity index is 1.27. The van der Waals surface area contributed by atoms with Crippen molar-refractivity contribution in [1.82, 2.24) is 29.8 Å². The summed E-state index contributed by atoms with van der Waals surface area (Å²) in [6.45, 7) is 3.27. The minimum Gasteiger partial charge on any atom is -0.361 e. The van der Waals surface area contributed by atoms with Crippen molar-refractivity contribution in [3.63, 3.8) is 0 Å². The van der Waals surface area contributed by atoms with Crippen LogP contribution in [0.2, 0.25) is 0 Å². The number of H-pyrrole nitrogens is 2. The minimum atomic E-state index is 0.611. The molecule has 5 rings (SSSR count). The van der Waals surface area contributed by atoms with Crippen molar-refractivity contribution in [2.45, 2.75) is 25.8 Å². The molecule has 0 saturated carbocycles. The van der Waals surface area contributed by atoms with Gasteiger partial charge in [0.25, 0.3) is 0 Å². The molecule has 0 radical (unpaired) electrons. The average molecular weight is 372 g/mol. The van der Waals surface area contributed by atoms with Gasteiger partial charge >= 0.3 is 0 Å². The van der Waals surface area contributed by atoms with Gasteiger partial charge in [-0.25, -0.2) is 9.97 Å². The summed E-state index contributed by atoms with van der Waals surface area (Å²) in [6, 6.07) is 8.72. The summed E-state index contributed by atoms with van der Waals surface area (Å²) >= 11 is 0. The van der Waals surface area contributed by atoms with E-state index in [0.717, 1.165) is 43.3 Å². The zero-order valence-electron chi connectivity index (χ0n) is 15.8. The van der Waals surface area contributed by atoms with E-state index in [-0.39, 0.29) is 0 Å². The van der Waals surface area contributed by atoms with Gasteiger partial charge in [0.1, 0.15) is 5.69 Å². The molecule has 0 bridgehead atoms. The third-order valence-corrected chi connectivity index (χ3v) is 5.61. The Morgan fingerprint density at radius 1 is 1.11 bits per heavy atom. The van der Waals surface area contributed by atoms with Gasteiger partial charge < -0.3 is 9.97 Å². The highest BCUT2D eigenvalue weighted by atomic mass is 15.1. The van der Waals surface area contributed by atoms with Gasteiger partial charge in [0.05, 0.1) is 11.9 Å². The molecule has 1 aliphatic rings. The Morgan fingerprint density at radius 2 is 2.11 bits per heavy atom. The standard InChI is InChI=1S/C22H24N6/c1-4-17(19-6-7-24-20(19)5-1)15-28-10-2-3-16(14-28)11-18-12-23-13-21(27-18)22-25-8-9-26-22/h1,4-9,12-13,16,24H,2-3,10-11,14-15H2,(H,25,26)/t16-/m0/s1. The lowest BCUT2D eigenvalue weighted by Gasteiger charge is -2.32. The first kappa shape index (κ1) is 17.1. The number of rotatable bonds is 5. The van der Waals surface area contributed by atoms with Crippen molar-refractivity contribution >= 4 is 10.9 Å². The highest BCUT2D eigenvalue weighted by molar-refractivity contribution is 5.82. The summed E-state index contributed by atoms with van der Waals surface area (Å²) in [5, 5.41) is 1.33. The number of nitrogens with zero attached hydrogens (tertiary/aromatic N) is 4. The van der Waals surface area contributed by atoms with E-state index in [1.165, 1.54) is 29.3 Å². The fourth-order valence-electron chi connectivity index (χ4n) is 4.31. The molecule has 0 unspecified atom stereocenters. The highest BCUT2D eigenvalue weighted by Crippen LogP contribution is 2.25. The molecule has 28 heavy (non-hydrogen) atoms. The molecule has 1 aromatic carbocycles. The number of aromatic amines is 2. The number of benzene rings is 1. The Bertz CT molecular complexity index is 1050. The molecule has 4 heterocycles. The van der Waals surface area contributed by atoms with Crippen molar-refractivity contribution in [3.05, 3.63) is 66.5 Å². The van der Waals surface area contributed by atoms with E-state index in [9.17, 15) is 0 Å². The lowest BCUT2D eigenvalue weighted by molar-refractivity contribution is 0.167. The summed E-state index contributed by atoms with van der Waals surface area (Å²) in [4.78, 5) is 22.4. The van der Waals surface area contributed by atoms with Crippen molar-refractivity contribution in [2.75, 3.05) is 13.1 Å². The third kappa shape index (κ3) is 3.55. The molecule has 2 N–H and O–H groups in total. The van der Waals surface area contributed by atoms with Crippen LogP contribution in [0.3, 0.4) is 0 Å². The van der Waals surface area contributed by atoms with Gasteiger partial charge in [-0.1, -0.05) is 12.1 Å². The van der Waals surface area contributed by atoms with Gasteiger partial charge in [0.2, 0.25) is 0 Å². The lowest BCUT2D eigenvalue weighted by atomic mass is 9.93. The molecule has 0 aliphatic carbocycles. The van der Waals surface area contributed by atoms with Crippen LogP contribution >= 0.6 is 0 Å². The number of piperidine rings is 1. The number of nitrogens with one attached hydrogen (secondary N) is 2. The number of fused-ring (bicyclic) bond motifs is 1. The Labute approximate surface area is 164 Å². The topological polar surface area (TPSA) is 73.5 Å². The first-order valence-corrected chi connectivity index (χ1v) is 9.93. The van der Waals surface area contributed by atoms with Crippen LogP contribution in [-0.4, -0.2) is 42.9 Å².